The highest BCUT2D eigenvalue weighted by atomic mass is 16.4. The summed E-state index contributed by atoms with van der Waals surface area (Å²) < 4.78 is 1.28. The van der Waals surface area contributed by atoms with Gasteiger partial charge in [-0.15, -0.1) is 0 Å². The fourth-order valence-corrected chi connectivity index (χ4v) is 1.47. The van der Waals surface area contributed by atoms with Gasteiger partial charge in [-0.25, -0.2) is 4.79 Å². The van der Waals surface area contributed by atoms with Crippen molar-refractivity contribution in [2.24, 2.45) is 0 Å². The Balaban J connectivity index is 2.73. The van der Waals surface area contributed by atoms with Crippen LogP contribution < -0.4 is 0 Å². The highest BCUT2D eigenvalue weighted by Gasteiger charge is 2.18. The van der Waals surface area contributed by atoms with E-state index in [1.807, 2.05) is 0 Å². The predicted octanol–water partition coefficient (Wildman–Crippen LogP) is 1.40. The summed E-state index contributed by atoms with van der Waals surface area (Å²) in [5.41, 5.74) is 0.279. The minimum atomic E-state index is -0.976. The van der Waals surface area contributed by atoms with Gasteiger partial charge < -0.3 is 10.0 Å². The maximum Gasteiger partial charge on any atom is 0.328 e. The Hall–Kier alpha value is -1.85. The monoisotopic (exact) mass is 253 g/mol. The fourth-order valence-electron chi connectivity index (χ4n) is 1.47. The molecular weight excluding hydrogens is 234 g/mol. The molecule has 0 aliphatic heterocycles. The van der Waals surface area contributed by atoms with Gasteiger partial charge in [0.25, 0.3) is 5.91 Å². The van der Waals surface area contributed by atoms with Gasteiger partial charge in [-0.2, -0.15) is 5.10 Å². The summed E-state index contributed by atoms with van der Waals surface area (Å²) in [6, 6.07) is 0.775. The second kappa shape index (κ2) is 6.18. The number of hydrogen-bond donors (Lipinski definition) is 1. The van der Waals surface area contributed by atoms with Crippen molar-refractivity contribution in [3.05, 3.63) is 18.0 Å². The molecule has 0 aromatic carbocycles. The van der Waals surface area contributed by atoms with Gasteiger partial charge in [-0.1, -0.05) is 13.3 Å². The molecule has 1 heterocycles. The van der Waals surface area contributed by atoms with Gasteiger partial charge in [0.2, 0.25) is 0 Å². The van der Waals surface area contributed by atoms with Crippen molar-refractivity contribution in [2.75, 3.05) is 13.6 Å². The molecule has 6 heteroatoms. The number of carbonyl (C=O) groups excluding carboxylic acids is 1. The fraction of sp³-hybridized carbons (Fsp3) is 0.583. The summed E-state index contributed by atoms with van der Waals surface area (Å²) in [6.07, 6.45) is 3.47. The Morgan fingerprint density at radius 2 is 2.22 bits per heavy atom. The van der Waals surface area contributed by atoms with Crippen molar-refractivity contribution in [1.82, 2.24) is 14.7 Å². The number of aromatic nitrogens is 2. The maximum atomic E-state index is 12.0. The molecule has 0 saturated heterocycles. The highest BCUT2D eigenvalue weighted by molar-refractivity contribution is 5.92. The number of amides is 1. The van der Waals surface area contributed by atoms with Gasteiger partial charge >= 0.3 is 5.97 Å². The van der Waals surface area contributed by atoms with E-state index >= 15 is 0 Å². The van der Waals surface area contributed by atoms with Gasteiger partial charge in [-0.05, 0) is 19.4 Å². The molecule has 6 nitrogen and oxygen atoms in total. The molecule has 1 amide bonds. The Labute approximate surface area is 106 Å². The molecule has 0 spiro atoms. The van der Waals surface area contributed by atoms with E-state index in [-0.39, 0.29) is 11.6 Å². The van der Waals surface area contributed by atoms with Crippen molar-refractivity contribution in [2.45, 2.75) is 32.7 Å². The van der Waals surface area contributed by atoms with E-state index in [0.29, 0.717) is 6.54 Å². The molecule has 1 N–H and O–H groups in total. The van der Waals surface area contributed by atoms with E-state index in [1.54, 1.807) is 18.0 Å². The molecule has 1 aromatic heterocycles. The van der Waals surface area contributed by atoms with Crippen LogP contribution in [0.3, 0.4) is 0 Å². The lowest BCUT2D eigenvalue weighted by molar-refractivity contribution is -0.140. The predicted molar refractivity (Wildman–Crippen MR) is 66.4 cm³/mol. The van der Waals surface area contributed by atoms with Crippen molar-refractivity contribution in [1.29, 1.82) is 0 Å². The maximum absolute atomic E-state index is 12.0. The number of aliphatic carboxylic acids is 1. The number of hydrogen-bond acceptors (Lipinski definition) is 3. The van der Waals surface area contributed by atoms with Gasteiger partial charge in [0.1, 0.15) is 11.7 Å². The first-order valence-corrected chi connectivity index (χ1v) is 6.00. The van der Waals surface area contributed by atoms with Crippen LogP contribution in [-0.2, 0) is 4.79 Å². The molecule has 100 valence electrons. The Morgan fingerprint density at radius 3 is 2.78 bits per heavy atom. The minimum Gasteiger partial charge on any atom is -0.480 e. The zero-order valence-electron chi connectivity index (χ0n) is 11.0. The van der Waals surface area contributed by atoms with Crippen molar-refractivity contribution in [3.63, 3.8) is 0 Å². The van der Waals surface area contributed by atoms with E-state index < -0.39 is 12.0 Å². The quantitative estimate of drug-likeness (QED) is 0.831. The molecule has 0 aliphatic carbocycles. The minimum absolute atomic E-state index is 0.181. The molecule has 0 fully saturated rings. The molecule has 0 saturated carbocycles. The zero-order valence-corrected chi connectivity index (χ0v) is 11.0. The van der Waals surface area contributed by atoms with Gasteiger partial charge in [0.15, 0.2) is 0 Å². The number of nitrogens with zero attached hydrogens (tertiary/aromatic N) is 3. The van der Waals surface area contributed by atoms with Crippen molar-refractivity contribution >= 4 is 11.9 Å². The van der Waals surface area contributed by atoms with Crippen LogP contribution in [-0.4, -0.2) is 45.3 Å². The Kier molecular flexibility index (Phi) is 4.88. The number of carboxylic acid groups (broad SMARTS) is 1. The molecule has 0 aliphatic rings. The van der Waals surface area contributed by atoms with Gasteiger partial charge in [0, 0.05) is 19.8 Å². The SMILES string of the molecule is CCCCN(C)C(=O)c1ccn(C(C)C(=O)O)n1. The second-order valence-corrected chi connectivity index (χ2v) is 4.28. The van der Waals surface area contributed by atoms with Gasteiger partial charge in [0.05, 0.1) is 0 Å². The average Bonchev–Trinajstić information content (AvgIpc) is 2.83. The molecule has 0 bridgehead atoms. The summed E-state index contributed by atoms with van der Waals surface area (Å²) in [7, 11) is 1.72. The van der Waals surface area contributed by atoms with E-state index in [0.717, 1.165) is 12.8 Å². The third kappa shape index (κ3) is 3.32. The van der Waals surface area contributed by atoms with E-state index in [4.69, 9.17) is 5.11 Å². The number of rotatable bonds is 6. The smallest absolute Gasteiger partial charge is 0.328 e. The van der Waals surface area contributed by atoms with Crippen LogP contribution in [0.25, 0.3) is 0 Å². The van der Waals surface area contributed by atoms with E-state index in [1.165, 1.54) is 17.8 Å². The number of unbranched alkanes of at least 4 members (excludes halogenated alkanes) is 1. The van der Waals surface area contributed by atoms with Crippen LogP contribution in [0, 0.1) is 0 Å². The van der Waals surface area contributed by atoms with Crippen LogP contribution >= 0.6 is 0 Å². The number of carbonyl (C=O) groups is 2. The average molecular weight is 253 g/mol. The van der Waals surface area contributed by atoms with E-state index in [2.05, 4.69) is 12.0 Å². The molecule has 1 rings (SSSR count). The zero-order chi connectivity index (χ0) is 13.7. The largest absolute Gasteiger partial charge is 0.480 e. The summed E-state index contributed by atoms with van der Waals surface area (Å²) in [6.45, 7) is 4.25. The van der Waals surface area contributed by atoms with E-state index in [9.17, 15) is 9.59 Å². The van der Waals surface area contributed by atoms with Crippen LogP contribution in [0.1, 0.15) is 43.2 Å². The van der Waals surface area contributed by atoms with Gasteiger partial charge in [-0.3, -0.25) is 9.48 Å². The van der Waals surface area contributed by atoms with Crippen LogP contribution in [0.15, 0.2) is 12.3 Å². The first-order valence-electron chi connectivity index (χ1n) is 6.00. The second-order valence-electron chi connectivity index (χ2n) is 4.28. The molecule has 1 atom stereocenters. The highest BCUT2D eigenvalue weighted by Crippen LogP contribution is 2.08. The molecule has 0 radical (unpaired) electrons. The lowest BCUT2D eigenvalue weighted by Gasteiger charge is -2.15. The summed E-state index contributed by atoms with van der Waals surface area (Å²) >= 11 is 0. The lowest BCUT2D eigenvalue weighted by Crippen LogP contribution is -2.28. The molecule has 18 heavy (non-hydrogen) atoms. The third-order valence-corrected chi connectivity index (χ3v) is 2.78. The summed E-state index contributed by atoms with van der Waals surface area (Å²) in [5.74, 6) is -1.16. The van der Waals surface area contributed by atoms with Crippen LogP contribution in [0.2, 0.25) is 0 Å². The number of carboxylic acids is 1. The summed E-state index contributed by atoms with van der Waals surface area (Å²) in [5, 5.41) is 12.9. The molecule has 1 aromatic rings. The third-order valence-electron chi connectivity index (χ3n) is 2.78. The Morgan fingerprint density at radius 1 is 1.56 bits per heavy atom. The normalized spacial score (nSPS) is 12.2. The van der Waals surface area contributed by atoms with Crippen molar-refractivity contribution in [3.8, 4) is 0 Å². The van der Waals surface area contributed by atoms with Crippen LogP contribution in [0.5, 0.6) is 0 Å². The lowest BCUT2D eigenvalue weighted by atomic mass is 10.3. The Bertz CT molecular complexity index is 428. The van der Waals surface area contributed by atoms with Crippen LogP contribution in [0.4, 0.5) is 0 Å². The first kappa shape index (κ1) is 14.2. The standard InChI is InChI=1S/C12H19N3O3/c1-4-5-7-14(3)11(16)10-6-8-15(13-10)9(2)12(17)18/h6,8-9H,4-5,7H2,1-3H3,(H,17,18). The topological polar surface area (TPSA) is 75.4 Å². The molecule has 1 unspecified atom stereocenters. The first-order chi connectivity index (χ1) is 8.47. The molecular formula is C12H19N3O3. The van der Waals surface area contributed by atoms with Crippen molar-refractivity contribution < 1.29 is 14.7 Å². The summed E-state index contributed by atoms with van der Waals surface area (Å²) in [4.78, 5) is 24.4.